The summed E-state index contributed by atoms with van der Waals surface area (Å²) >= 11 is 0. The molecule has 0 spiro atoms. The third-order valence-corrected chi connectivity index (χ3v) is 4.44. The van der Waals surface area contributed by atoms with E-state index in [0.29, 0.717) is 12.5 Å². The molecule has 2 nitrogen and oxygen atoms in total. The van der Waals surface area contributed by atoms with E-state index >= 15 is 0 Å². The molecule has 1 aromatic rings. The molecule has 1 aromatic carbocycles. The lowest BCUT2D eigenvalue weighted by Crippen LogP contribution is -2.21. The van der Waals surface area contributed by atoms with Crippen LogP contribution in [0.2, 0.25) is 0 Å². The summed E-state index contributed by atoms with van der Waals surface area (Å²) in [5, 5.41) is 0. The van der Waals surface area contributed by atoms with Gasteiger partial charge in [0.25, 0.3) is 0 Å². The maximum Gasteiger partial charge on any atom is 0.312 e. The fraction of sp³-hybridized carbons (Fsp3) is 0.611. The zero-order chi connectivity index (χ0) is 14.4. The zero-order valence-corrected chi connectivity index (χ0v) is 12.7. The topological polar surface area (TPSA) is 26.3 Å². The van der Waals surface area contributed by atoms with E-state index in [9.17, 15) is 4.79 Å². The Morgan fingerprint density at radius 3 is 2.60 bits per heavy atom. The minimum atomic E-state index is -0.231. The second-order valence-corrected chi connectivity index (χ2v) is 5.85. The van der Waals surface area contributed by atoms with E-state index < -0.39 is 0 Å². The molecule has 0 N–H and O–H groups in total. The standard InChI is InChI=1S/C18H26O2/c1-3-5-6-10-13-18(17(19)20-4-2)14-16(18)15-11-8-7-9-12-15/h7-9,11-12,16H,3-6,10,13-14H2,1-2H3/t16-,18+/m1/s1. The van der Waals surface area contributed by atoms with Gasteiger partial charge in [0.15, 0.2) is 0 Å². The van der Waals surface area contributed by atoms with E-state index in [-0.39, 0.29) is 11.4 Å². The summed E-state index contributed by atoms with van der Waals surface area (Å²) in [5.74, 6) is 0.384. The molecule has 0 unspecified atom stereocenters. The molecule has 2 rings (SSSR count). The predicted octanol–water partition coefficient (Wildman–Crippen LogP) is 4.69. The smallest absolute Gasteiger partial charge is 0.312 e. The number of hydrogen-bond acceptors (Lipinski definition) is 2. The van der Waals surface area contributed by atoms with Gasteiger partial charge >= 0.3 is 5.97 Å². The highest BCUT2D eigenvalue weighted by atomic mass is 16.5. The number of benzene rings is 1. The lowest BCUT2D eigenvalue weighted by atomic mass is 9.92. The predicted molar refractivity (Wildman–Crippen MR) is 81.6 cm³/mol. The van der Waals surface area contributed by atoms with Crippen molar-refractivity contribution in [3.8, 4) is 0 Å². The van der Waals surface area contributed by atoms with Crippen molar-refractivity contribution in [2.24, 2.45) is 5.41 Å². The lowest BCUT2D eigenvalue weighted by molar-refractivity contribution is -0.150. The van der Waals surface area contributed by atoms with Crippen molar-refractivity contribution < 1.29 is 9.53 Å². The molecule has 1 fully saturated rings. The first kappa shape index (κ1) is 15.1. The van der Waals surface area contributed by atoms with Crippen molar-refractivity contribution in [1.29, 1.82) is 0 Å². The zero-order valence-electron chi connectivity index (χ0n) is 12.7. The number of carbonyl (C=O) groups is 1. The van der Waals surface area contributed by atoms with Crippen molar-refractivity contribution in [1.82, 2.24) is 0 Å². The Kier molecular flexibility index (Phi) is 5.22. The van der Waals surface area contributed by atoms with Gasteiger partial charge in [-0.2, -0.15) is 0 Å². The molecule has 1 aliphatic rings. The molecule has 0 amide bonds. The molecular formula is C18H26O2. The molecule has 0 radical (unpaired) electrons. The summed E-state index contributed by atoms with van der Waals surface area (Å²) in [6.45, 7) is 4.59. The third kappa shape index (κ3) is 3.23. The number of carbonyl (C=O) groups excluding carboxylic acids is 1. The van der Waals surface area contributed by atoms with E-state index in [2.05, 4.69) is 31.2 Å². The summed E-state index contributed by atoms with van der Waals surface area (Å²) in [4.78, 5) is 12.4. The lowest BCUT2D eigenvalue weighted by Gasteiger charge is -2.16. The Morgan fingerprint density at radius 2 is 1.95 bits per heavy atom. The van der Waals surface area contributed by atoms with Crippen LogP contribution in [0.5, 0.6) is 0 Å². The molecule has 1 saturated carbocycles. The average molecular weight is 274 g/mol. The normalized spacial score (nSPS) is 24.4. The van der Waals surface area contributed by atoms with Crippen LogP contribution in [0.4, 0.5) is 0 Å². The Morgan fingerprint density at radius 1 is 1.20 bits per heavy atom. The molecule has 2 atom stereocenters. The Balaban J connectivity index is 2.02. The molecule has 20 heavy (non-hydrogen) atoms. The van der Waals surface area contributed by atoms with Crippen LogP contribution in [-0.2, 0) is 9.53 Å². The van der Waals surface area contributed by atoms with Crippen molar-refractivity contribution >= 4 is 5.97 Å². The first-order valence-electron chi connectivity index (χ1n) is 7.96. The summed E-state index contributed by atoms with van der Waals surface area (Å²) in [6, 6.07) is 10.4. The average Bonchev–Trinajstić information content (AvgIpc) is 3.21. The van der Waals surface area contributed by atoms with Crippen molar-refractivity contribution in [3.05, 3.63) is 35.9 Å². The van der Waals surface area contributed by atoms with Crippen molar-refractivity contribution in [2.75, 3.05) is 6.61 Å². The number of unbranched alkanes of at least 4 members (excludes halogenated alkanes) is 3. The monoisotopic (exact) mass is 274 g/mol. The summed E-state index contributed by atoms with van der Waals surface area (Å²) in [7, 11) is 0. The molecule has 0 aliphatic heterocycles. The minimum Gasteiger partial charge on any atom is -0.466 e. The largest absolute Gasteiger partial charge is 0.466 e. The van der Waals surface area contributed by atoms with Crippen molar-refractivity contribution in [3.63, 3.8) is 0 Å². The van der Waals surface area contributed by atoms with Gasteiger partial charge in [-0.15, -0.1) is 0 Å². The van der Waals surface area contributed by atoms with Gasteiger partial charge < -0.3 is 4.74 Å². The van der Waals surface area contributed by atoms with Crippen LogP contribution in [0.15, 0.2) is 30.3 Å². The third-order valence-electron chi connectivity index (χ3n) is 4.44. The molecular weight excluding hydrogens is 248 g/mol. The van der Waals surface area contributed by atoms with Crippen LogP contribution >= 0.6 is 0 Å². The second-order valence-electron chi connectivity index (χ2n) is 5.85. The maximum absolute atomic E-state index is 12.4. The van der Waals surface area contributed by atoms with E-state index in [4.69, 9.17) is 4.74 Å². The quantitative estimate of drug-likeness (QED) is 0.507. The van der Waals surface area contributed by atoms with Gasteiger partial charge in [0.1, 0.15) is 0 Å². The fourth-order valence-corrected chi connectivity index (χ4v) is 3.17. The second kappa shape index (κ2) is 6.92. The van der Waals surface area contributed by atoms with Crippen LogP contribution in [0, 0.1) is 5.41 Å². The summed E-state index contributed by atoms with van der Waals surface area (Å²) in [5.41, 5.74) is 1.06. The Labute approximate surface area is 122 Å². The van der Waals surface area contributed by atoms with E-state index in [1.165, 1.54) is 24.8 Å². The van der Waals surface area contributed by atoms with Gasteiger partial charge in [-0.05, 0) is 25.3 Å². The summed E-state index contributed by atoms with van der Waals surface area (Å²) in [6.07, 6.45) is 6.78. The van der Waals surface area contributed by atoms with Gasteiger partial charge in [0.05, 0.1) is 12.0 Å². The molecule has 2 heteroatoms. The number of rotatable bonds is 8. The number of ether oxygens (including phenoxy) is 1. The molecule has 0 saturated heterocycles. The molecule has 0 heterocycles. The molecule has 0 bridgehead atoms. The SMILES string of the molecule is CCCCCC[C@]1(C(=O)OCC)C[C@@H]1c1ccccc1. The number of hydrogen-bond donors (Lipinski definition) is 0. The molecule has 1 aliphatic carbocycles. The van der Waals surface area contributed by atoms with Gasteiger partial charge in [-0.1, -0.05) is 62.9 Å². The van der Waals surface area contributed by atoms with E-state index in [0.717, 1.165) is 19.3 Å². The number of esters is 1. The van der Waals surface area contributed by atoms with Crippen LogP contribution < -0.4 is 0 Å². The van der Waals surface area contributed by atoms with Crippen LogP contribution in [0.25, 0.3) is 0 Å². The highest BCUT2D eigenvalue weighted by molar-refractivity contribution is 5.82. The highest BCUT2D eigenvalue weighted by Crippen LogP contribution is 2.62. The minimum absolute atomic E-state index is 0.0188. The molecule has 0 aromatic heterocycles. The van der Waals surface area contributed by atoms with Gasteiger partial charge in [-0.25, -0.2) is 0 Å². The Bertz CT molecular complexity index is 426. The van der Waals surface area contributed by atoms with Crippen LogP contribution in [0.3, 0.4) is 0 Å². The summed E-state index contributed by atoms with van der Waals surface area (Å²) < 4.78 is 5.34. The van der Waals surface area contributed by atoms with Gasteiger partial charge in [-0.3, -0.25) is 4.79 Å². The Hall–Kier alpha value is -1.31. The van der Waals surface area contributed by atoms with E-state index in [1.54, 1.807) is 0 Å². The van der Waals surface area contributed by atoms with Crippen LogP contribution in [-0.4, -0.2) is 12.6 Å². The van der Waals surface area contributed by atoms with Gasteiger partial charge in [0, 0.05) is 5.92 Å². The first-order chi connectivity index (χ1) is 9.74. The molecule has 110 valence electrons. The van der Waals surface area contributed by atoms with E-state index in [1.807, 2.05) is 13.0 Å². The highest BCUT2D eigenvalue weighted by Gasteiger charge is 2.60. The maximum atomic E-state index is 12.4. The van der Waals surface area contributed by atoms with Crippen LogP contribution in [0.1, 0.15) is 63.9 Å². The van der Waals surface area contributed by atoms with Gasteiger partial charge in [0.2, 0.25) is 0 Å². The fourth-order valence-electron chi connectivity index (χ4n) is 3.17. The van der Waals surface area contributed by atoms with Crippen molar-refractivity contribution in [2.45, 2.75) is 58.3 Å². The first-order valence-corrected chi connectivity index (χ1v) is 7.96.